The van der Waals surface area contributed by atoms with Gasteiger partial charge in [-0.1, -0.05) is 42.0 Å². The predicted molar refractivity (Wildman–Crippen MR) is 129 cm³/mol. The van der Waals surface area contributed by atoms with E-state index < -0.39 is 51.3 Å². The summed E-state index contributed by atoms with van der Waals surface area (Å²) >= 11 is 0. The number of aromatic hydroxyl groups is 1. The van der Waals surface area contributed by atoms with Crippen LogP contribution >= 0.6 is 0 Å². The number of aliphatic carboxylic acids is 1. The van der Waals surface area contributed by atoms with Crippen LogP contribution in [0.4, 0.5) is 10.5 Å². The second-order valence-electron chi connectivity index (χ2n) is 8.09. The van der Waals surface area contributed by atoms with E-state index in [1.165, 1.54) is 29.0 Å². The minimum atomic E-state index is -3.44. The molecule has 35 heavy (non-hydrogen) atoms. The van der Waals surface area contributed by atoms with Crippen LogP contribution in [0.5, 0.6) is 5.75 Å². The van der Waals surface area contributed by atoms with Crippen LogP contribution in [0.2, 0.25) is 0 Å². The molecule has 3 rings (SSSR count). The van der Waals surface area contributed by atoms with E-state index in [-0.39, 0.29) is 11.4 Å². The van der Waals surface area contributed by atoms with Gasteiger partial charge >= 0.3 is 12.0 Å². The van der Waals surface area contributed by atoms with E-state index in [2.05, 4.69) is 10.6 Å². The fraction of sp³-hybridized carbons (Fsp3) is 0.208. The van der Waals surface area contributed by atoms with Crippen molar-refractivity contribution in [1.29, 1.82) is 0 Å². The molecule has 11 heteroatoms. The van der Waals surface area contributed by atoms with Gasteiger partial charge in [-0.2, -0.15) is 0 Å². The average molecular weight is 500 g/mol. The number of urea groups is 1. The Balaban J connectivity index is 1.83. The number of carboxylic acids is 1. The van der Waals surface area contributed by atoms with Gasteiger partial charge in [0.1, 0.15) is 5.75 Å². The van der Waals surface area contributed by atoms with Crippen LogP contribution in [0.3, 0.4) is 0 Å². The highest BCUT2D eigenvalue weighted by molar-refractivity contribution is 7.90. The quantitative estimate of drug-likeness (QED) is 0.371. The average Bonchev–Trinajstić information content (AvgIpc) is 2.78. The third-order valence-corrected chi connectivity index (χ3v) is 6.34. The summed E-state index contributed by atoms with van der Waals surface area (Å²) < 4.78 is 24.8. The van der Waals surface area contributed by atoms with Gasteiger partial charge in [-0.25, -0.2) is 13.2 Å². The molecule has 3 aromatic rings. The third-order valence-electron chi connectivity index (χ3n) is 5.23. The first kappa shape index (κ1) is 25.5. The summed E-state index contributed by atoms with van der Waals surface area (Å²) in [7, 11) is -3.44. The smallest absolute Gasteiger partial charge is 0.319 e. The Bertz CT molecular complexity index is 1410. The van der Waals surface area contributed by atoms with Crippen LogP contribution in [0, 0.1) is 6.92 Å². The summed E-state index contributed by atoms with van der Waals surface area (Å²) in [5.41, 5.74) is 0.923. The van der Waals surface area contributed by atoms with E-state index >= 15 is 0 Å². The van der Waals surface area contributed by atoms with Crippen molar-refractivity contribution >= 4 is 27.5 Å². The van der Waals surface area contributed by atoms with Crippen molar-refractivity contribution in [2.75, 3.05) is 11.6 Å². The first-order valence-electron chi connectivity index (χ1n) is 10.5. The van der Waals surface area contributed by atoms with Gasteiger partial charge in [-0.15, -0.1) is 0 Å². The Kier molecular flexibility index (Phi) is 7.60. The van der Waals surface area contributed by atoms with Crippen molar-refractivity contribution in [3.8, 4) is 5.75 Å². The number of carboxylic acid groups (broad SMARTS) is 1. The molecule has 0 bridgehead atoms. The number of nitrogens with one attached hydrogen (secondary N) is 2. The van der Waals surface area contributed by atoms with Crippen LogP contribution < -0.4 is 16.2 Å². The summed E-state index contributed by atoms with van der Waals surface area (Å²) in [5, 5.41) is 24.2. The molecule has 0 fully saturated rings. The monoisotopic (exact) mass is 499 g/mol. The second kappa shape index (κ2) is 10.4. The van der Waals surface area contributed by atoms with Gasteiger partial charge in [-0.05, 0) is 36.2 Å². The van der Waals surface area contributed by atoms with E-state index in [4.69, 9.17) is 0 Å². The number of pyridine rings is 1. The van der Waals surface area contributed by atoms with Gasteiger partial charge in [0.05, 0.1) is 23.9 Å². The van der Waals surface area contributed by atoms with E-state index in [0.717, 1.165) is 11.8 Å². The fourth-order valence-electron chi connectivity index (χ4n) is 3.41. The van der Waals surface area contributed by atoms with Crippen LogP contribution in [0.15, 0.2) is 70.5 Å². The van der Waals surface area contributed by atoms with E-state index in [1.807, 2.05) is 6.92 Å². The molecule has 0 spiro atoms. The van der Waals surface area contributed by atoms with Crippen LogP contribution in [0.25, 0.3) is 0 Å². The number of aryl methyl sites for hydroxylation is 1. The van der Waals surface area contributed by atoms with E-state index in [0.29, 0.717) is 11.1 Å². The molecule has 0 radical (unpaired) electrons. The first-order chi connectivity index (χ1) is 16.4. The van der Waals surface area contributed by atoms with E-state index in [1.54, 1.807) is 36.4 Å². The summed E-state index contributed by atoms with van der Waals surface area (Å²) in [6, 6.07) is 12.5. The molecule has 1 heterocycles. The second-order valence-corrected chi connectivity index (χ2v) is 10.1. The van der Waals surface area contributed by atoms with Crippen molar-refractivity contribution < 1.29 is 28.2 Å². The first-order valence-corrected chi connectivity index (χ1v) is 12.4. The molecule has 0 aliphatic heterocycles. The highest BCUT2D eigenvalue weighted by atomic mass is 32.2. The molecule has 2 aromatic carbocycles. The normalized spacial score (nSPS) is 12.1. The number of carbonyl (C=O) groups is 2. The van der Waals surface area contributed by atoms with Gasteiger partial charge in [0, 0.05) is 12.5 Å². The van der Waals surface area contributed by atoms with Crippen LogP contribution in [-0.2, 0) is 21.2 Å². The lowest BCUT2D eigenvalue weighted by Crippen LogP contribution is -2.36. The number of benzene rings is 2. The number of sulfone groups is 1. The third kappa shape index (κ3) is 6.70. The molecule has 0 aliphatic rings. The van der Waals surface area contributed by atoms with Crippen molar-refractivity contribution in [3.63, 3.8) is 0 Å². The fourth-order valence-corrected chi connectivity index (χ4v) is 4.10. The predicted octanol–water partition coefficient (Wildman–Crippen LogP) is 2.65. The van der Waals surface area contributed by atoms with Gasteiger partial charge < -0.3 is 25.4 Å². The standard InChI is InChI=1S/C24H25N3O7S/c1-15-6-8-17(9-7-15)19(13-21(29)30)25-24(32)26-22-20(28)10-11-27(23(22)31)14-16-4-3-5-18(12-16)35(2,33)34/h3-12,19,28H,13-14H2,1-2H3,(H,29,30)(H2,25,26,32)/t19-/m0/s1. The van der Waals surface area contributed by atoms with Crippen molar-refractivity contribution in [3.05, 3.63) is 87.8 Å². The maximum atomic E-state index is 12.9. The molecule has 0 unspecified atom stereocenters. The van der Waals surface area contributed by atoms with Gasteiger partial charge in [0.25, 0.3) is 5.56 Å². The summed E-state index contributed by atoms with van der Waals surface area (Å²) in [6.07, 6.45) is 2.00. The summed E-state index contributed by atoms with van der Waals surface area (Å²) in [6.45, 7) is 1.86. The lowest BCUT2D eigenvalue weighted by atomic mass is 10.0. The molecule has 10 nitrogen and oxygen atoms in total. The minimum Gasteiger partial charge on any atom is -0.505 e. The lowest BCUT2D eigenvalue weighted by Gasteiger charge is -2.18. The molecule has 1 aromatic heterocycles. The van der Waals surface area contributed by atoms with E-state index in [9.17, 15) is 33.0 Å². The Morgan fingerprint density at radius 1 is 1.09 bits per heavy atom. The SMILES string of the molecule is Cc1ccc([C@H](CC(=O)O)NC(=O)Nc2c(O)ccn(Cc3cccc(S(C)(=O)=O)c3)c2=O)cc1. The van der Waals surface area contributed by atoms with Crippen LogP contribution in [0.1, 0.15) is 29.2 Å². The number of hydrogen-bond acceptors (Lipinski definition) is 6. The van der Waals surface area contributed by atoms with Crippen LogP contribution in [-0.4, -0.2) is 41.5 Å². The molecular formula is C24H25N3O7S. The van der Waals surface area contributed by atoms with Crippen molar-refractivity contribution in [2.45, 2.75) is 30.8 Å². The lowest BCUT2D eigenvalue weighted by molar-refractivity contribution is -0.137. The molecule has 0 saturated heterocycles. The number of rotatable bonds is 8. The Labute approximate surface area is 201 Å². The van der Waals surface area contributed by atoms with Crippen molar-refractivity contribution in [1.82, 2.24) is 9.88 Å². The number of aromatic nitrogens is 1. The van der Waals surface area contributed by atoms with Crippen molar-refractivity contribution in [2.24, 2.45) is 0 Å². The number of anilines is 1. The van der Waals surface area contributed by atoms with Gasteiger partial charge in [-0.3, -0.25) is 9.59 Å². The topological polar surface area (TPSA) is 155 Å². The maximum absolute atomic E-state index is 12.9. The molecule has 4 N–H and O–H groups in total. The number of nitrogens with zero attached hydrogens (tertiary/aromatic N) is 1. The zero-order valence-corrected chi connectivity index (χ0v) is 19.9. The highest BCUT2D eigenvalue weighted by Crippen LogP contribution is 2.21. The minimum absolute atomic E-state index is 0.0101. The Hall–Kier alpha value is -4.12. The molecule has 2 amide bonds. The van der Waals surface area contributed by atoms with Gasteiger partial charge in [0.15, 0.2) is 15.5 Å². The van der Waals surface area contributed by atoms with Gasteiger partial charge in [0.2, 0.25) is 0 Å². The zero-order chi connectivity index (χ0) is 25.8. The number of hydrogen-bond donors (Lipinski definition) is 4. The molecule has 0 aliphatic carbocycles. The zero-order valence-electron chi connectivity index (χ0n) is 19.1. The summed E-state index contributed by atoms with van der Waals surface area (Å²) in [5.74, 6) is -1.60. The molecule has 184 valence electrons. The Morgan fingerprint density at radius 2 is 1.77 bits per heavy atom. The highest BCUT2D eigenvalue weighted by Gasteiger charge is 2.20. The molecule has 0 saturated carbocycles. The number of carbonyl (C=O) groups excluding carboxylic acids is 1. The molecule has 1 atom stereocenters. The largest absolute Gasteiger partial charge is 0.505 e. The maximum Gasteiger partial charge on any atom is 0.319 e. The molecular weight excluding hydrogens is 474 g/mol. The summed E-state index contributed by atoms with van der Waals surface area (Å²) in [4.78, 5) is 37.0. The Morgan fingerprint density at radius 3 is 2.40 bits per heavy atom. The number of amides is 2.